The van der Waals surface area contributed by atoms with Gasteiger partial charge in [0.15, 0.2) is 0 Å². The van der Waals surface area contributed by atoms with E-state index in [0.29, 0.717) is 16.3 Å². The number of carbonyl (C=O) groups is 1. The molecule has 0 saturated heterocycles. The molecular formula is C22H18N2O4. The van der Waals surface area contributed by atoms with Crippen molar-refractivity contribution < 1.29 is 15.0 Å². The van der Waals surface area contributed by atoms with Crippen molar-refractivity contribution in [2.45, 2.75) is 19.9 Å². The van der Waals surface area contributed by atoms with Crippen molar-refractivity contribution in [2.24, 2.45) is 4.99 Å². The number of carboxylic acid groups (broad SMARTS) is 1. The molecule has 0 fully saturated rings. The number of aromatic hydroxyl groups is 1. The predicted molar refractivity (Wildman–Crippen MR) is 109 cm³/mol. The van der Waals surface area contributed by atoms with Gasteiger partial charge in [-0.3, -0.25) is 19.1 Å². The standard InChI is InChI=1S/C22H18N2O4/c1-2-13-6-5-9-15-14(11-23-20(13)15)10-18-16-7-3-4-8-17(16)21(27)24(22(18)28)12-19(25)26/h3-11,28H,2,12H2,1H3,(H,25,26)/b14-10-. The fraction of sp³-hybridized carbons (Fsp3) is 0.136. The lowest BCUT2D eigenvalue weighted by atomic mass is 9.98. The molecule has 140 valence electrons. The van der Waals surface area contributed by atoms with Crippen LogP contribution < -0.4 is 5.56 Å². The van der Waals surface area contributed by atoms with Crippen molar-refractivity contribution in [3.8, 4) is 5.88 Å². The largest absolute Gasteiger partial charge is 0.494 e. The van der Waals surface area contributed by atoms with Crippen LogP contribution in [0.3, 0.4) is 0 Å². The highest BCUT2D eigenvalue weighted by molar-refractivity contribution is 6.22. The highest BCUT2D eigenvalue weighted by Gasteiger charge is 2.19. The second-order valence-electron chi connectivity index (χ2n) is 6.59. The topological polar surface area (TPSA) is 91.9 Å². The molecule has 2 heterocycles. The molecule has 6 nitrogen and oxygen atoms in total. The number of nitrogens with zero attached hydrogens (tertiary/aromatic N) is 2. The molecule has 0 radical (unpaired) electrons. The van der Waals surface area contributed by atoms with Crippen LogP contribution in [0.4, 0.5) is 5.69 Å². The Labute approximate surface area is 160 Å². The van der Waals surface area contributed by atoms with Gasteiger partial charge in [0.05, 0.1) is 5.69 Å². The molecule has 0 saturated carbocycles. The van der Waals surface area contributed by atoms with E-state index < -0.39 is 18.1 Å². The maximum atomic E-state index is 12.6. The first kappa shape index (κ1) is 17.7. The van der Waals surface area contributed by atoms with E-state index in [1.165, 1.54) is 0 Å². The Kier molecular flexibility index (Phi) is 4.31. The summed E-state index contributed by atoms with van der Waals surface area (Å²) in [6.07, 6.45) is 4.33. The average molecular weight is 374 g/mol. The zero-order valence-corrected chi connectivity index (χ0v) is 15.2. The molecule has 0 amide bonds. The Morgan fingerprint density at radius 2 is 1.89 bits per heavy atom. The van der Waals surface area contributed by atoms with E-state index in [-0.39, 0.29) is 5.88 Å². The minimum atomic E-state index is -1.20. The van der Waals surface area contributed by atoms with Crippen LogP contribution in [-0.4, -0.2) is 27.0 Å². The van der Waals surface area contributed by atoms with Crippen molar-refractivity contribution >= 4 is 40.3 Å². The number of rotatable bonds is 4. The molecule has 1 aliphatic heterocycles. The number of fused-ring (bicyclic) bond motifs is 2. The first-order valence-corrected chi connectivity index (χ1v) is 8.95. The molecule has 1 aromatic heterocycles. The van der Waals surface area contributed by atoms with Gasteiger partial charge in [0.25, 0.3) is 5.56 Å². The predicted octanol–water partition coefficient (Wildman–Crippen LogP) is 3.61. The molecule has 0 atom stereocenters. The van der Waals surface area contributed by atoms with Crippen molar-refractivity contribution in [3.63, 3.8) is 0 Å². The Morgan fingerprint density at radius 3 is 2.61 bits per heavy atom. The first-order valence-electron chi connectivity index (χ1n) is 8.95. The molecule has 3 aromatic rings. The smallest absolute Gasteiger partial charge is 0.323 e. The van der Waals surface area contributed by atoms with Crippen LogP contribution in [0.15, 0.2) is 52.3 Å². The molecular weight excluding hydrogens is 356 g/mol. The number of hydrogen-bond donors (Lipinski definition) is 2. The average Bonchev–Trinajstić information content (AvgIpc) is 3.11. The number of pyridine rings is 1. The van der Waals surface area contributed by atoms with E-state index in [1.54, 1.807) is 36.6 Å². The number of carboxylic acids is 1. The Balaban J connectivity index is 1.99. The molecule has 2 N–H and O–H groups in total. The molecule has 28 heavy (non-hydrogen) atoms. The van der Waals surface area contributed by atoms with Crippen LogP contribution in [0.2, 0.25) is 0 Å². The van der Waals surface area contributed by atoms with E-state index in [4.69, 9.17) is 5.11 Å². The summed E-state index contributed by atoms with van der Waals surface area (Å²) in [5.74, 6) is -1.57. The number of aryl methyl sites for hydroxylation is 1. The first-order chi connectivity index (χ1) is 13.5. The van der Waals surface area contributed by atoms with Crippen molar-refractivity contribution in [2.75, 3.05) is 0 Å². The van der Waals surface area contributed by atoms with E-state index in [0.717, 1.165) is 33.4 Å². The maximum Gasteiger partial charge on any atom is 0.323 e. The van der Waals surface area contributed by atoms with Crippen molar-refractivity contribution in [3.05, 3.63) is 69.5 Å². The summed E-state index contributed by atoms with van der Waals surface area (Å²) in [4.78, 5) is 28.3. The Hall–Kier alpha value is -3.67. The molecule has 0 bridgehead atoms. The second kappa shape index (κ2) is 6.81. The van der Waals surface area contributed by atoms with Gasteiger partial charge in [0.1, 0.15) is 6.54 Å². The summed E-state index contributed by atoms with van der Waals surface area (Å²) in [6, 6.07) is 12.8. The van der Waals surface area contributed by atoms with Gasteiger partial charge >= 0.3 is 5.97 Å². The van der Waals surface area contributed by atoms with E-state index in [1.807, 2.05) is 18.2 Å². The summed E-state index contributed by atoms with van der Waals surface area (Å²) in [6.45, 7) is 1.45. The lowest BCUT2D eigenvalue weighted by Gasteiger charge is -2.13. The normalized spacial score (nSPS) is 14.0. The summed E-state index contributed by atoms with van der Waals surface area (Å²) in [5, 5.41) is 20.8. The number of aliphatic imine (C=N–C) groups is 1. The van der Waals surface area contributed by atoms with Gasteiger partial charge in [-0.2, -0.15) is 0 Å². The minimum absolute atomic E-state index is 0.353. The van der Waals surface area contributed by atoms with E-state index in [2.05, 4.69) is 11.9 Å². The summed E-state index contributed by atoms with van der Waals surface area (Å²) >= 11 is 0. The number of aromatic nitrogens is 1. The number of aliphatic carboxylic acids is 1. The molecule has 2 aromatic carbocycles. The monoisotopic (exact) mass is 374 g/mol. The Morgan fingerprint density at radius 1 is 1.14 bits per heavy atom. The fourth-order valence-corrected chi connectivity index (χ4v) is 3.57. The summed E-state index contributed by atoms with van der Waals surface area (Å²) in [5.41, 5.74) is 3.63. The number of hydrogen-bond acceptors (Lipinski definition) is 4. The third kappa shape index (κ3) is 2.79. The second-order valence-corrected chi connectivity index (χ2v) is 6.59. The molecule has 0 unspecified atom stereocenters. The zero-order chi connectivity index (χ0) is 19.8. The van der Waals surface area contributed by atoms with Crippen molar-refractivity contribution in [1.29, 1.82) is 0 Å². The highest BCUT2D eigenvalue weighted by atomic mass is 16.4. The van der Waals surface area contributed by atoms with E-state index in [9.17, 15) is 14.7 Å². The number of allylic oxidation sites excluding steroid dienone is 1. The summed E-state index contributed by atoms with van der Waals surface area (Å²) in [7, 11) is 0. The highest BCUT2D eigenvalue weighted by Crippen LogP contribution is 2.37. The molecule has 0 aliphatic carbocycles. The molecule has 1 aliphatic rings. The van der Waals surface area contributed by atoms with Gasteiger partial charge in [0.2, 0.25) is 5.88 Å². The minimum Gasteiger partial charge on any atom is -0.494 e. The number of para-hydroxylation sites is 1. The fourth-order valence-electron chi connectivity index (χ4n) is 3.57. The zero-order valence-electron chi connectivity index (χ0n) is 15.2. The third-order valence-electron chi connectivity index (χ3n) is 4.93. The van der Waals surface area contributed by atoms with Crippen LogP contribution in [0, 0.1) is 0 Å². The molecule has 6 heteroatoms. The van der Waals surface area contributed by atoms with Gasteiger partial charge in [-0.05, 0) is 29.5 Å². The van der Waals surface area contributed by atoms with Crippen LogP contribution >= 0.6 is 0 Å². The number of benzene rings is 2. The van der Waals surface area contributed by atoms with Crippen LogP contribution in [0.25, 0.3) is 22.4 Å². The van der Waals surface area contributed by atoms with Gasteiger partial charge in [0, 0.05) is 28.3 Å². The van der Waals surface area contributed by atoms with Gasteiger partial charge in [-0.25, -0.2) is 0 Å². The van der Waals surface area contributed by atoms with Gasteiger partial charge < -0.3 is 10.2 Å². The molecule has 0 spiro atoms. The lowest BCUT2D eigenvalue weighted by molar-refractivity contribution is -0.137. The quantitative estimate of drug-likeness (QED) is 0.730. The van der Waals surface area contributed by atoms with Crippen LogP contribution in [0.5, 0.6) is 5.88 Å². The van der Waals surface area contributed by atoms with E-state index >= 15 is 0 Å². The van der Waals surface area contributed by atoms with Crippen LogP contribution in [0.1, 0.15) is 23.6 Å². The van der Waals surface area contributed by atoms with Gasteiger partial charge in [-0.1, -0.05) is 43.3 Å². The third-order valence-corrected chi connectivity index (χ3v) is 4.93. The van der Waals surface area contributed by atoms with Gasteiger partial charge in [-0.15, -0.1) is 0 Å². The maximum absolute atomic E-state index is 12.6. The van der Waals surface area contributed by atoms with Crippen molar-refractivity contribution in [1.82, 2.24) is 4.57 Å². The Bertz CT molecular complexity index is 1240. The van der Waals surface area contributed by atoms with Crippen LogP contribution in [-0.2, 0) is 17.8 Å². The lowest BCUT2D eigenvalue weighted by Crippen LogP contribution is -2.24. The molecule has 4 rings (SSSR count). The SMILES string of the molecule is CCc1cccc2c1N=C/C2=C/c1c(O)n(CC(=O)O)c(=O)c2ccccc12. The summed E-state index contributed by atoms with van der Waals surface area (Å²) < 4.78 is 0.881.